The normalized spacial score (nSPS) is 24.1. The first-order valence-electron chi connectivity index (χ1n) is 9.67. The fourth-order valence-electron chi connectivity index (χ4n) is 4.04. The molecule has 0 aromatic carbocycles. The number of aliphatic hydroxyl groups excluding tert-OH is 1. The van der Waals surface area contributed by atoms with Crippen molar-refractivity contribution in [2.75, 3.05) is 31.1 Å². The first kappa shape index (κ1) is 17.6. The van der Waals surface area contributed by atoms with E-state index in [-0.39, 0.29) is 6.10 Å². The van der Waals surface area contributed by atoms with Gasteiger partial charge in [0.15, 0.2) is 0 Å². The maximum atomic E-state index is 9.84. The highest BCUT2D eigenvalue weighted by Gasteiger charge is 2.27. The van der Waals surface area contributed by atoms with Crippen molar-refractivity contribution in [2.24, 2.45) is 0 Å². The van der Waals surface area contributed by atoms with E-state index in [4.69, 9.17) is 4.98 Å². The van der Waals surface area contributed by atoms with Crippen LogP contribution in [0.3, 0.4) is 0 Å². The van der Waals surface area contributed by atoms with Crippen molar-refractivity contribution in [2.45, 2.75) is 70.9 Å². The van der Waals surface area contributed by atoms with E-state index in [0.29, 0.717) is 6.04 Å². The van der Waals surface area contributed by atoms with E-state index >= 15 is 0 Å². The molecule has 1 aromatic heterocycles. The Hall–Kier alpha value is -1.20. The van der Waals surface area contributed by atoms with E-state index in [9.17, 15) is 5.11 Å². The van der Waals surface area contributed by atoms with Crippen molar-refractivity contribution < 1.29 is 5.11 Å². The Morgan fingerprint density at radius 2 is 1.88 bits per heavy atom. The molecule has 2 saturated heterocycles. The van der Waals surface area contributed by atoms with Gasteiger partial charge >= 0.3 is 0 Å². The topological polar surface area (TPSA) is 52.5 Å². The van der Waals surface area contributed by atoms with Crippen LogP contribution >= 0.6 is 0 Å². The number of hydrogen-bond acceptors (Lipinski definition) is 5. The van der Waals surface area contributed by atoms with Crippen LogP contribution in [0.5, 0.6) is 0 Å². The Labute approximate surface area is 146 Å². The van der Waals surface area contributed by atoms with Crippen LogP contribution in [0.25, 0.3) is 0 Å². The molecule has 0 unspecified atom stereocenters. The molecule has 0 saturated carbocycles. The lowest BCUT2D eigenvalue weighted by Gasteiger charge is -2.38. The predicted octanol–water partition coefficient (Wildman–Crippen LogP) is 2.55. The third kappa shape index (κ3) is 4.45. The van der Waals surface area contributed by atoms with E-state index in [2.05, 4.69) is 34.7 Å². The van der Waals surface area contributed by atoms with Gasteiger partial charge in [0.05, 0.1) is 6.10 Å². The number of nitrogens with zero attached hydrogens (tertiary/aromatic N) is 4. The van der Waals surface area contributed by atoms with Crippen LogP contribution < -0.4 is 4.90 Å². The Balaban J connectivity index is 1.58. The minimum Gasteiger partial charge on any atom is -0.393 e. The summed E-state index contributed by atoms with van der Waals surface area (Å²) in [6.07, 6.45) is 7.39. The summed E-state index contributed by atoms with van der Waals surface area (Å²) in [6, 6.07) is 2.80. The predicted molar refractivity (Wildman–Crippen MR) is 97.4 cm³/mol. The molecule has 0 spiro atoms. The number of aliphatic hydroxyl groups is 1. The molecule has 0 amide bonds. The maximum Gasteiger partial charge on any atom is 0.132 e. The zero-order valence-corrected chi connectivity index (χ0v) is 15.2. The summed E-state index contributed by atoms with van der Waals surface area (Å²) in [4.78, 5) is 14.4. The molecule has 24 heavy (non-hydrogen) atoms. The van der Waals surface area contributed by atoms with Gasteiger partial charge in [-0.1, -0.05) is 6.92 Å². The summed E-state index contributed by atoms with van der Waals surface area (Å²) in [7, 11) is 0. The minimum absolute atomic E-state index is 0.0870. The summed E-state index contributed by atoms with van der Waals surface area (Å²) in [5.74, 6) is 2.09. The molecule has 0 radical (unpaired) electrons. The molecule has 3 heterocycles. The summed E-state index contributed by atoms with van der Waals surface area (Å²) >= 11 is 0. The highest BCUT2D eigenvalue weighted by Crippen LogP contribution is 2.24. The second kappa shape index (κ2) is 8.26. The summed E-state index contributed by atoms with van der Waals surface area (Å²) < 4.78 is 0. The first-order valence-corrected chi connectivity index (χ1v) is 9.67. The Bertz CT molecular complexity index is 528. The lowest BCUT2D eigenvalue weighted by Crippen LogP contribution is -2.45. The van der Waals surface area contributed by atoms with Gasteiger partial charge in [-0.15, -0.1) is 0 Å². The van der Waals surface area contributed by atoms with Gasteiger partial charge in [0.1, 0.15) is 11.6 Å². The molecule has 2 aliphatic rings. The van der Waals surface area contributed by atoms with Gasteiger partial charge in [0.25, 0.3) is 0 Å². The molecule has 2 aliphatic heterocycles. The number of aromatic nitrogens is 2. The van der Waals surface area contributed by atoms with Crippen molar-refractivity contribution in [3.05, 3.63) is 17.6 Å². The molecular weight excluding hydrogens is 300 g/mol. The van der Waals surface area contributed by atoms with E-state index in [1.165, 1.54) is 12.8 Å². The van der Waals surface area contributed by atoms with Crippen molar-refractivity contribution >= 4 is 5.82 Å². The molecule has 1 atom stereocenters. The van der Waals surface area contributed by atoms with E-state index in [0.717, 1.165) is 75.6 Å². The Morgan fingerprint density at radius 3 is 2.62 bits per heavy atom. The van der Waals surface area contributed by atoms with Crippen LogP contribution in [0.15, 0.2) is 6.07 Å². The van der Waals surface area contributed by atoms with Crippen LogP contribution in [-0.4, -0.2) is 58.3 Å². The number of anilines is 1. The molecule has 0 aliphatic carbocycles. The number of aryl methyl sites for hydroxylation is 2. The lowest BCUT2D eigenvalue weighted by molar-refractivity contribution is 0.140. The second-order valence-electron chi connectivity index (χ2n) is 7.37. The van der Waals surface area contributed by atoms with E-state index < -0.39 is 0 Å². The average Bonchev–Trinajstić information content (AvgIpc) is 2.79. The van der Waals surface area contributed by atoms with Gasteiger partial charge in [0.2, 0.25) is 0 Å². The summed E-state index contributed by atoms with van der Waals surface area (Å²) in [5, 5.41) is 9.84. The van der Waals surface area contributed by atoms with E-state index in [1.807, 2.05) is 0 Å². The maximum absolute atomic E-state index is 9.84. The van der Waals surface area contributed by atoms with Gasteiger partial charge in [-0.2, -0.15) is 0 Å². The molecule has 1 aromatic rings. The van der Waals surface area contributed by atoms with Gasteiger partial charge < -0.3 is 14.9 Å². The Morgan fingerprint density at radius 1 is 1.08 bits per heavy atom. The molecular formula is C19H32N4O. The van der Waals surface area contributed by atoms with Crippen molar-refractivity contribution in [1.82, 2.24) is 14.9 Å². The van der Waals surface area contributed by atoms with E-state index in [1.54, 1.807) is 0 Å². The zero-order valence-electron chi connectivity index (χ0n) is 15.2. The fraction of sp³-hybridized carbons (Fsp3) is 0.789. The average molecular weight is 332 g/mol. The largest absolute Gasteiger partial charge is 0.393 e. The van der Waals surface area contributed by atoms with Crippen molar-refractivity contribution in [3.8, 4) is 0 Å². The number of rotatable bonds is 4. The van der Waals surface area contributed by atoms with Crippen LogP contribution in [-0.2, 0) is 6.42 Å². The molecule has 5 nitrogen and oxygen atoms in total. The quantitative estimate of drug-likeness (QED) is 0.918. The lowest BCUT2D eigenvalue weighted by atomic mass is 10.0. The fourth-order valence-corrected chi connectivity index (χ4v) is 4.04. The van der Waals surface area contributed by atoms with Crippen LogP contribution in [0.2, 0.25) is 0 Å². The van der Waals surface area contributed by atoms with Gasteiger partial charge in [-0.05, 0) is 52.0 Å². The summed E-state index contributed by atoms with van der Waals surface area (Å²) in [5.41, 5.74) is 1.08. The van der Waals surface area contributed by atoms with Gasteiger partial charge in [0, 0.05) is 43.9 Å². The third-order valence-corrected chi connectivity index (χ3v) is 5.40. The SMILES string of the molecule is CCCc1nc(C)cc(N2CCC(N3CCC[C@H](O)CC3)CC2)n1. The van der Waals surface area contributed by atoms with Crippen molar-refractivity contribution in [3.63, 3.8) is 0 Å². The van der Waals surface area contributed by atoms with Crippen LogP contribution in [0.4, 0.5) is 5.82 Å². The second-order valence-corrected chi connectivity index (χ2v) is 7.37. The Kier molecular flexibility index (Phi) is 6.06. The van der Waals surface area contributed by atoms with Gasteiger partial charge in [-0.25, -0.2) is 9.97 Å². The molecule has 134 valence electrons. The van der Waals surface area contributed by atoms with Gasteiger partial charge in [-0.3, -0.25) is 0 Å². The zero-order chi connectivity index (χ0) is 16.9. The van der Waals surface area contributed by atoms with Crippen LogP contribution in [0, 0.1) is 6.92 Å². The molecule has 0 bridgehead atoms. The highest BCUT2D eigenvalue weighted by molar-refractivity contribution is 5.40. The van der Waals surface area contributed by atoms with Crippen molar-refractivity contribution in [1.29, 1.82) is 0 Å². The minimum atomic E-state index is -0.0870. The number of piperidine rings is 1. The number of likely N-dealkylation sites (tertiary alicyclic amines) is 1. The standard InChI is InChI=1S/C19H32N4O/c1-3-5-18-20-15(2)14-19(21-18)23-11-7-16(8-12-23)22-10-4-6-17(24)9-13-22/h14,16-17,24H,3-13H2,1-2H3/t17-/m0/s1. The smallest absolute Gasteiger partial charge is 0.132 e. The summed E-state index contributed by atoms with van der Waals surface area (Å²) in [6.45, 7) is 8.60. The third-order valence-electron chi connectivity index (χ3n) is 5.40. The first-order chi connectivity index (χ1) is 11.7. The molecule has 1 N–H and O–H groups in total. The molecule has 5 heteroatoms. The number of hydrogen-bond donors (Lipinski definition) is 1. The highest BCUT2D eigenvalue weighted by atomic mass is 16.3. The molecule has 2 fully saturated rings. The monoisotopic (exact) mass is 332 g/mol. The van der Waals surface area contributed by atoms with Crippen LogP contribution in [0.1, 0.15) is 57.0 Å². The molecule has 3 rings (SSSR count).